The van der Waals surface area contributed by atoms with Crippen LogP contribution in [0.2, 0.25) is 0 Å². The second-order valence-electron chi connectivity index (χ2n) is 7.86. The van der Waals surface area contributed by atoms with Gasteiger partial charge in [0.1, 0.15) is 0 Å². The lowest BCUT2D eigenvalue weighted by Gasteiger charge is -2.33. The Morgan fingerprint density at radius 1 is 1.27 bits per heavy atom. The zero-order chi connectivity index (χ0) is 18.8. The lowest BCUT2D eigenvalue weighted by molar-refractivity contribution is -0.122. The molecule has 26 heavy (non-hydrogen) atoms. The summed E-state index contributed by atoms with van der Waals surface area (Å²) in [5.74, 6) is 0.953. The van der Waals surface area contributed by atoms with E-state index in [0.29, 0.717) is 6.54 Å². The van der Waals surface area contributed by atoms with Gasteiger partial charge in [0.05, 0.1) is 6.54 Å². The quantitative estimate of drug-likeness (QED) is 0.697. The van der Waals surface area contributed by atoms with Gasteiger partial charge in [0, 0.05) is 13.1 Å². The number of hydrogen-bond acceptors (Lipinski definition) is 3. The summed E-state index contributed by atoms with van der Waals surface area (Å²) < 4.78 is 0. The summed E-state index contributed by atoms with van der Waals surface area (Å²) in [5.41, 5.74) is 2.62. The summed E-state index contributed by atoms with van der Waals surface area (Å²) in [6.07, 6.45) is 5.89. The Labute approximate surface area is 159 Å². The Bertz CT molecular complexity index is 538. The fraction of sp³-hybridized carbons (Fsp3) is 0.682. The molecule has 1 heterocycles. The molecule has 0 unspecified atom stereocenters. The number of benzene rings is 1. The van der Waals surface area contributed by atoms with E-state index >= 15 is 0 Å². The van der Waals surface area contributed by atoms with Crippen molar-refractivity contribution in [1.29, 1.82) is 0 Å². The lowest BCUT2D eigenvalue weighted by Crippen LogP contribution is -2.43. The minimum Gasteiger partial charge on any atom is -0.355 e. The van der Waals surface area contributed by atoms with Gasteiger partial charge in [-0.25, -0.2) is 0 Å². The van der Waals surface area contributed by atoms with Crippen LogP contribution in [0.5, 0.6) is 0 Å². The average molecular weight is 360 g/mol. The highest BCUT2D eigenvalue weighted by Gasteiger charge is 2.21. The van der Waals surface area contributed by atoms with Gasteiger partial charge in [0.15, 0.2) is 0 Å². The molecule has 0 bridgehead atoms. The summed E-state index contributed by atoms with van der Waals surface area (Å²) in [5, 5.41) is 3.08. The Kier molecular flexibility index (Phi) is 9.13. The number of amides is 1. The van der Waals surface area contributed by atoms with Crippen molar-refractivity contribution in [3.05, 3.63) is 35.4 Å². The Balaban J connectivity index is 1.60. The van der Waals surface area contributed by atoms with Crippen LogP contribution in [0.1, 0.15) is 43.7 Å². The predicted octanol–water partition coefficient (Wildman–Crippen LogP) is 3.10. The van der Waals surface area contributed by atoms with E-state index in [0.717, 1.165) is 32.0 Å². The number of aryl methyl sites for hydroxylation is 1. The van der Waals surface area contributed by atoms with E-state index in [-0.39, 0.29) is 5.91 Å². The summed E-state index contributed by atoms with van der Waals surface area (Å²) in [7, 11) is 2.24. The maximum absolute atomic E-state index is 12.2. The van der Waals surface area contributed by atoms with Crippen LogP contribution in [-0.4, -0.2) is 62.0 Å². The number of carbonyl (C=O) groups excluding carboxylic acids is 1. The first-order valence-electron chi connectivity index (χ1n) is 10.3. The third kappa shape index (κ3) is 7.46. The van der Waals surface area contributed by atoms with Crippen LogP contribution in [0.4, 0.5) is 0 Å². The van der Waals surface area contributed by atoms with Crippen molar-refractivity contribution >= 4 is 5.91 Å². The Morgan fingerprint density at radius 3 is 2.69 bits per heavy atom. The first-order valence-corrected chi connectivity index (χ1v) is 10.3. The first kappa shape index (κ1) is 20.9. The molecule has 0 aromatic heterocycles. The lowest BCUT2D eigenvalue weighted by atomic mass is 9.96. The molecule has 1 saturated heterocycles. The molecule has 0 aliphatic carbocycles. The molecular weight excluding hydrogens is 322 g/mol. The molecule has 4 nitrogen and oxygen atoms in total. The molecule has 0 spiro atoms. The van der Waals surface area contributed by atoms with Crippen molar-refractivity contribution in [2.45, 2.75) is 46.0 Å². The van der Waals surface area contributed by atoms with Crippen molar-refractivity contribution in [2.24, 2.45) is 5.92 Å². The Hall–Kier alpha value is -1.39. The number of hydrogen-bond donors (Lipinski definition) is 1. The molecule has 1 aromatic rings. The molecular formula is C22H37N3O. The van der Waals surface area contributed by atoms with Gasteiger partial charge in [-0.3, -0.25) is 9.69 Å². The zero-order valence-corrected chi connectivity index (χ0v) is 17.0. The van der Waals surface area contributed by atoms with Crippen molar-refractivity contribution in [1.82, 2.24) is 15.1 Å². The van der Waals surface area contributed by atoms with E-state index in [4.69, 9.17) is 0 Å². The highest BCUT2D eigenvalue weighted by Crippen LogP contribution is 2.18. The maximum atomic E-state index is 12.2. The van der Waals surface area contributed by atoms with E-state index in [2.05, 4.69) is 60.3 Å². The van der Waals surface area contributed by atoms with Gasteiger partial charge in [-0.1, -0.05) is 37.6 Å². The smallest absolute Gasteiger partial charge is 0.234 e. The third-order valence-corrected chi connectivity index (χ3v) is 5.52. The van der Waals surface area contributed by atoms with Gasteiger partial charge in [-0.2, -0.15) is 0 Å². The molecule has 0 radical (unpaired) electrons. The number of unbranched alkanes of at least 4 members (excludes halogenated alkanes) is 1. The second-order valence-corrected chi connectivity index (χ2v) is 7.86. The molecule has 0 saturated carbocycles. The largest absolute Gasteiger partial charge is 0.355 e. The van der Waals surface area contributed by atoms with Gasteiger partial charge in [0.25, 0.3) is 0 Å². The minimum atomic E-state index is 0.164. The first-order chi connectivity index (χ1) is 12.6. The normalized spacial score (nSPS) is 16.2. The molecule has 146 valence electrons. The fourth-order valence-electron chi connectivity index (χ4n) is 3.77. The molecule has 1 amide bonds. The third-order valence-electron chi connectivity index (χ3n) is 5.52. The SMILES string of the molecule is CCCCN(C)CC1CCN(CC(=O)NCCc2ccccc2C)CC1. The highest BCUT2D eigenvalue weighted by atomic mass is 16.2. The summed E-state index contributed by atoms with van der Waals surface area (Å²) >= 11 is 0. The molecule has 1 aliphatic heterocycles. The molecule has 1 N–H and O–H groups in total. The van der Waals surface area contributed by atoms with Crippen LogP contribution >= 0.6 is 0 Å². The number of nitrogens with one attached hydrogen (secondary N) is 1. The van der Waals surface area contributed by atoms with Crippen molar-refractivity contribution < 1.29 is 4.79 Å². The van der Waals surface area contributed by atoms with Gasteiger partial charge >= 0.3 is 0 Å². The van der Waals surface area contributed by atoms with Crippen molar-refractivity contribution in [3.63, 3.8) is 0 Å². The van der Waals surface area contributed by atoms with E-state index in [1.807, 2.05) is 0 Å². The van der Waals surface area contributed by atoms with E-state index in [1.165, 1.54) is 49.9 Å². The second kappa shape index (κ2) is 11.3. The maximum Gasteiger partial charge on any atom is 0.234 e. The fourth-order valence-corrected chi connectivity index (χ4v) is 3.77. The van der Waals surface area contributed by atoms with Gasteiger partial charge in [0.2, 0.25) is 5.91 Å². The number of carbonyl (C=O) groups is 1. The average Bonchev–Trinajstić information content (AvgIpc) is 2.63. The van der Waals surface area contributed by atoms with Crippen LogP contribution in [0.25, 0.3) is 0 Å². The van der Waals surface area contributed by atoms with Crippen LogP contribution in [0.3, 0.4) is 0 Å². The number of rotatable bonds is 10. The van der Waals surface area contributed by atoms with Gasteiger partial charge in [-0.05, 0) is 76.3 Å². The predicted molar refractivity (Wildman–Crippen MR) is 109 cm³/mol. The molecule has 4 heteroatoms. The van der Waals surface area contributed by atoms with Crippen molar-refractivity contribution in [3.8, 4) is 0 Å². The van der Waals surface area contributed by atoms with Gasteiger partial charge < -0.3 is 10.2 Å². The standard InChI is InChI=1S/C22H37N3O/c1-4-5-14-24(3)17-20-11-15-25(16-12-20)18-22(26)23-13-10-21-9-7-6-8-19(21)2/h6-9,20H,4-5,10-18H2,1-3H3,(H,23,26). The number of piperidine rings is 1. The highest BCUT2D eigenvalue weighted by molar-refractivity contribution is 5.78. The molecule has 2 rings (SSSR count). The molecule has 1 aromatic carbocycles. The van der Waals surface area contributed by atoms with Crippen molar-refractivity contribution in [2.75, 3.05) is 46.3 Å². The number of likely N-dealkylation sites (tertiary alicyclic amines) is 1. The van der Waals surface area contributed by atoms with Gasteiger partial charge in [-0.15, -0.1) is 0 Å². The minimum absolute atomic E-state index is 0.164. The monoisotopic (exact) mass is 359 g/mol. The molecule has 1 aliphatic rings. The van der Waals surface area contributed by atoms with Crippen LogP contribution < -0.4 is 5.32 Å². The van der Waals surface area contributed by atoms with Crippen LogP contribution in [0.15, 0.2) is 24.3 Å². The summed E-state index contributed by atoms with van der Waals surface area (Å²) in [6, 6.07) is 8.39. The molecule has 0 atom stereocenters. The van der Waals surface area contributed by atoms with E-state index in [1.54, 1.807) is 0 Å². The number of nitrogens with zero attached hydrogens (tertiary/aromatic N) is 2. The van der Waals surface area contributed by atoms with Crippen LogP contribution in [0, 0.1) is 12.8 Å². The summed E-state index contributed by atoms with van der Waals surface area (Å²) in [6.45, 7) is 10.2. The van der Waals surface area contributed by atoms with E-state index < -0.39 is 0 Å². The zero-order valence-electron chi connectivity index (χ0n) is 17.0. The van der Waals surface area contributed by atoms with E-state index in [9.17, 15) is 4.79 Å². The topological polar surface area (TPSA) is 35.6 Å². The Morgan fingerprint density at radius 2 is 2.00 bits per heavy atom. The molecule has 1 fully saturated rings. The van der Waals surface area contributed by atoms with Crippen LogP contribution in [-0.2, 0) is 11.2 Å². The summed E-state index contributed by atoms with van der Waals surface area (Å²) in [4.78, 5) is 17.0.